The Morgan fingerprint density at radius 3 is 2.34 bits per heavy atom. The van der Waals surface area contributed by atoms with Crippen LogP contribution in [0.3, 0.4) is 0 Å². The quantitative estimate of drug-likeness (QED) is 0.438. The minimum atomic E-state index is -0.309. The number of nitrogens with one attached hydrogen (secondary N) is 2. The monoisotopic (exact) mass is 434 g/mol. The van der Waals surface area contributed by atoms with Crippen molar-refractivity contribution in [2.24, 2.45) is 0 Å². The van der Waals surface area contributed by atoms with Crippen LogP contribution in [0.15, 0.2) is 78.9 Å². The van der Waals surface area contributed by atoms with Crippen molar-refractivity contribution in [3.8, 4) is 11.5 Å². The second-order valence-electron chi connectivity index (χ2n) is 6.73. The van der Waals surface area contributed by atoms with Gasteiger partial charge in [-0.15, -0.1) is 0 Å². The van der Waals surface area contributed by atoms with E-state index in [1.807, 2.05) is 31.2 Å². The lowest BCUT2D eigenvalue weighted by Gasteiger charge is -2.12. The second-order valence-corrected chi connectivity index (χ2v) is 6.73. The molecule has 0 aliphatic rings. The van der Waals surface area contributed by atoms with Crippen LogP contribution in [0.1, 0.15) is 17.3 Å². The maximum Gasteiger partial charge on any atom is 0.262 e. The van der Waals surface area contributed by atoms with E-state index in [0.717, 1.165) is 0 Å². The van der Waals surface area contributed by atoms with Crippen LogP contribution in [0.2, 0.25) is 0 Å². The van der Waals surface area contributed by atoms with Crippen molar-refractivity contribution < 1.29 is 23.8 Å². The molecule has 0 saturated carbocycles. The van der Waals surface area contributed by atoms with E-state index in [0.29, 0.717) is 48.3 Å². The highest BCUT2D eigenvalue weighted by molar-refractivity contribution is 6.06. The summed E-state index contributed by atoms with van der Waals surface area (Å²) in [6.07, 6.45) is 0. The largest absolute Gasteiger partial charge is 0.490 e. The van der Waals surface area contributed by atoms with Crippen LogP contribution in [-0.2, 0) is 9.53 Å². The van der Waals surface area contributed by atoms with E-state index >= 15 is 0 Å². The SMILES string of the molecule is CCOCCOc1ccccc1C(=O)Nc1cccc(OCC(=O)Nc2ccccc2)c1. The van der Waals surface area contributed by atoms with E-state index in [4.69, 9.17) is 14.2 Å². The number of rotatable bonds is 11. The van der Waals surface area contributed by atoms with Gasteiger partial charge in [-0.05, 0) is 43.3 Å². The Labute approximate surface area is 187 Å². The van der Waals surface area contributed by atoms with Gasteiger partial charge in [0.25, 0.3) is 11.8 Å². The maximum absolute atomic E-state index is 12.8. The number of carbonyl (C=O) groups is 2. The zero-order chi connectivity index (χ0) is 22.6. The molecule has 3 aromatic rings. The summed E-state index contributed by atoms with van der Waals surface area (Å²) in [5.41, 5.74) is 1.65. The number of benzene rings is 3. The van der Waals surface area contributed by atoms with E-state index in [2.05, 4.69) is 10.6 Å². The highest BCUT2D eigenvalue weighted by Crippen LogP contribution is 2.22. The fourth-order valence-corrected chi connectivity index (χ4v) is 2.86. The van der Waals surface area contributed by atoms with Crippen LogP contribution in [0.25, 0.3) is 0 Å². The van der Waals surface area contributed by atoms with Crippen LogP contribution in [0.4, 0.5) is 11.4 Å². The van der Waals surface area contributed by atoms with Crippen LogP contribution in [0.5, 0.6) is 11.5 Å². The average molecular weight is 434 g/mol. The van der Waals surface area contributed by atoms with Crippen molar-refractivity contribution in [1.82, 2.24) is 0 Å². The van der Waals surface area contributed by atoms with Gasteiger partial charge in [-0.25, -0.2) is 0 Å². The first-order chi connectivity index (χ1) is 15.7. The molecule has 0 aliphatic carbocycles. The molecule has 7 heteroatoms. The average Bonchev–Trinajstić information content (AvgIpc) is 2.82. The molecule has 0 aliphatic heterocycles. The number of carbonyl (C=O) groups excluding carboxylic acids is 2. The van der Waals surface area contributed by atoms with Crippen molar-refractivity contribution in [2.75, 3.05) is 37.1 Å². The number of amides is 2. The van der Waals surface area contributed by atoms with Gasteiger partial charge in [0.15, 0.2) is 6.61 Å². The molecule has 0 heterocycles. The molecular weight excluding hydrogens is 408 g/mol. The molecule has 7 nitrogen and oxygen atoms in total. The third-order valence-corrected chi connectivity index (χ3v) is 4.34. The van der Waals surface area contributed by atoms with Gasteiger partial charge in [0.05, 0.1) is 12.2 Å². The van der Waals surface area contributed by atoms with Gasteiger partial charge in [0.1, 0.15) is 18.1 Å². The zero-order valence-electron chi connectivity index (χ0n) is 17.9. The molecule has 0 bridgehead atoms. The highest BCUT2D eigenvalue weighted by atomic mass is 16.5. The maximum atomic E-state index is 12.8. The topological polar surface area (TPSA) is 85.9 Å². The van der Waals surface area contributed by atoms with Crippen molar-refractivity contribution >= 4 is 23.2 Å². The van der Waals surface area contributed by atoms with E-state index in [-0.39, 0.29) is 18.4 Å². The number of hydrogen-bond donors (Lipinski definition) is 2. The summed E-state index contributed by atoms with van der Waals surface area (Å²) < 4.78 is 16.5. The number of ether oxygens (including phenoxy) is 3. The van der Waals surface area contributed by atoms with Crippen LogP contribution < -0.4 is 20.1 Å². The Balaban J connectivity index is 1.56. The standard InChI is InChI=1S/C25H26N2O5/c1-2-30-15-16-31-23-14-7-6-13-22(23)25(29)27-20-11-8-12-21(17-20)32-18-24(28)26-19-9-4-3-5-10-19/h3-14,17H,2,15-16,18H2,1H3,(H,26,28)(H,27,29). The van der Waals surface area contributed by atoms with Gasteiger partial charge in [0, 0.05) is 24.0 Å². The van der Waals surface area contributed by atoms with Crippen molar-refractivity contribution in [3.63, 3.8) is 0 Å². The normalized spacial score (nSPS) is 10.3. The van der Waals surface area contributed by atoms with E-state index in [9.17, 15) is 9.59 Å². The van der Waals surface area contributed by atoms with E-state index in [1.165, 1.54) is 0 Å². The van der Waals surface area contributed by atoms with E-state index < -0.39 is 0 Å². The summed E-state index contributed by atoms with van der Waals surface area (Å²) in [7, 11) is 0. The molecule has 0 fully saturated rings. The smallest absolute Gasteiger partial charge is 0.262 e. The summed E-state index contributed by atoms with van der Waals surface area (Å²) in [4.78, 5) is 24.8. The predicted octanol–water partition coefficient (Wildman–Crippen LogP) is 4.37. The molecule has 0 unspecified atom stereocenters. The molecule has 0 aromatic heterocycles. The fraction of sp³-hybridized carbons (Fsp3) is 0.200. The molecule has 3 aromatic carbocycles. The van der Waals surface area contributed by atoms with Gasteiger partial charge in [-0.1, -0.05) is 36.4 Å². The predicted molar refractivity (Wildman–Crippen MR) is 123 cm³/mol. The lowest BCUT2D eigenvalue weighted by molar-refractivity contribution is -0.118. The number of para-hydroxylation sites is 2. The summed E-state index contributed by atoms with van der Waals surface area (Å²) in [5.74, 6) is 0.363. The lowest BCUT2D eigenvalue weighted by Crippen LogP contribution is -2.20. The van der Waals surface area contributed by atoms with Crippen molar-refractivity contribution in [3.05, 3.63) is 84.4 Å². The molecule has 2 N–H and O–H groups in total. The van der Waals surface area contributed by atoms with Crippen LogP contribution >= 0.6 is 0 Å². The molecule has 0 atom stereocenters. The first-order valence-corrected chi connectivity index (χ1v) is 10.3. The molecule has 0 radical (unpaired) electrons. The minimum absolute atomic E-state index is 0.150. The first-order valence-electron chi connectivity index (χ1n) is 10.3. The number of hydrogen-bond acceptors (Lipinski definition) is 5. The summed E-state index contributed by atoms with van der Waals surface area (Å²) in [6.45, 7) is 3.17. The molecular formula is C25H26N2O5. The van der Waals surface area contributed by atoms with Gasteiger partial charge in [0.2, 0.25) is 0 Å². The van der Waals surface area contributed by atoms with E-state index in [1.54, 1.807) is 54.6 Å². The molecule has 2 amide bonds. The third kappa shape index (κ3) is 7.14. The Kier molecular flexibility index (Phi) is 8.65. The van der Waals surface area contributed by atoms with Crippen LogP contribution in [-0.4, -0.2) is 38.2 Å². The molecule has 166 valence electrons. The van der Waals surface area contributed by atoms with Gasteiger partial charge in [-0.3, -0.25) is 9.59 Å². The Hall–Kier alpha value is -3.84. The highest BCUT2D eigenvalue weighted by Gasteiger charge is 2.13. The second kappa shape index (κ2) is 12.1. The Morgan fingerprint density at radius 1 is 0.781 bits per heavy atom. The lowest BCUT2D eigenvalue weighted by atomic mass is 10.2. The van der Waals surface area contributed by atoms with Gasteiger partial charge >= 0.3 is 0 Å². The van der Waals surface area contributed by atoms with Crippen molar-refractivity contribution in [1.29, 1.82) is 0 Å². The fourth-order valence-electron chi connectivity index (χ4n) is 2.86. The Bertz CT molecular complexity index is 1020. The van der Waals surface area contributed by atoms with Gasteiger partial charge in [-0.2, -0.15) is 0 Å². The minimum Gasteiger partial charge on any atom is -0.490 e. The molecule has 0 spiro atoms. The first kappa shape index (κ1) is 22.8. The molecule has 3 rings (SSSR count). The third-order valence-electron chi connectivity index (χ3n) is 4.34. The summed E-state index contributed by atoms with van der Waals surface area (Å²) in [5, 5.41) is 5.59. The van der Waals surface area contributed by atoms with Crippen molar-refractivity contribution in [2.45, 2.75) is 6.92 Å². The Morgan fingerprint density at radius 2 is 1.53 bits per heavy atom. The zero-order valence-corrected chi connectivity index (χ0v) is 17.9. The summed E-state index contributed by atoms with van der Waals surface area (Å²) in [6, 6.07) is 23.0. The summed E-state index contributed by atoms with van der Waals surface area (Å²) >= 11 is 0. The van der Waals surface area contributed by atoms with Crippen LogP contribution in [0, 0.1) is 0 Å². The molecule has 32 heavy (non-hydrogen) atoms. The molecule has 0 saturated heterocycles. The van der Waals surface area contributed by atoms with Gasteiger partial charge < -0.3 is 24.8 Å². The number of anilines is 2.